The minimum absolute atomic E-state index is 0.0519. The summed E-state index contributed by atoms with van der Waals surface area (Å²) in [5.74, 6) is 0.830. The van der Waals surface area contributed by atoms with Crippen molar-refractivity contribution in [3.63, 3.8) is 0 Å². The largest absolute Gasteiger partial charge is 0.379 e. The van der Waals surface area contributed by atoms with Crippen LogP contribution in [0.2, 0.25) is 0 Å². The highest BCUT2D eigenvalue weighted by atomic mass is 32.2. The van der Waals surface area contributed by atoms with Gasteiger partial charge in [-0.1, -0.05) is 0 Å². The van der Waals surface area contributed by atoms with Crippen molar-refractivity contribution in [1.29, 1.82) is 0 Å². The number of rotatable bonds is 8. The summed E-state index contributed by atoms with van der Waals surface area (Å²) in [7, 11) is 0.767. The molecule has 1 aliphatic carbocycles. The Kier molecular flexibility index (Phi) is 7.64. The van der Waals surface area contributed by atoms with Gasteiger partial charge in [-0.25, -0.2) is 13.4 Å². The van der Waals surface area contributed by atoms with E-state index >= 15 is 0 Å². The maximum absolute atomic E-state index is 11.0. The van der Waals surface area contributed by atoms with Gasteiger partial charge >= 0.3 is 0 Å². The van der Waals surface area contributed by atoms with E-state index in [-0.39, 0.29) is 12.4 Å². The molecule has 0 saturated heterocycles. The average Bonchev–Trinajstić information content (AvgIpc) is 2.95. The Morgan fingerprint density at radius 3 is 2.80 bits per heavy atom. The van der Waals surface area contributed by atoms with Crippen LogP contribution < -0.4 is 5.32 Å². The van der Waals surface area contributed by atoms with Crippen molar-refractivity contribution >= 4 is 27.1 Å². The molecule has 0 radical (unpaired) electrons. The first kappa shape index (κ1) is 20.1. The zero-order chi connectivity index (χ0) is 18.3. The van der Waals surface area contributed by atoms with Gasteiger partial charge < -0.3 is 15.0 Å². The number of fused-ring (bicyclic) bond motifs is 1. The minimum Gasteiger partial charge on any atom is -0.379 e. The number of nitrogens with one attached hydrogen (secondary N) is 1. The highest BCUT2D eigenvalue weighted by Crippen LogP contribution is 2.27. The van der Waals surface area contributed by atoms with Crippen molar-refractivity contribution in [2.24, 2.45) is 4.99 Å². The van der Waals surface area contributed by atoms with Crippen molar-refractivity contribution < 1.29 is 13.2 Å². The van der Waals surface area contributed by atoms with Gasteiger partial charge in [0.05, 0.1) is 31.2 Å². The van der Waals surface area contributed by atoms with Gasteiger partial charge in [0.25, 0.3) is 0 Å². The number of nitrogens with zero attached hydrogens (tertiary/aromatic N) is 3. The van der Waals surface area contributed by atoms with Gasteiger partial charge in [-0.05, 0) is 25.7 Å². The van der Waals surface area contributed by atoms with Crippen LogP contribution in [-0.4, -0.2) is 70.1 Å². The van der Waals surface area contributed by atoms with Crippen LogP contribution in [0.4, 0.5) is 0 Å². The normalized spacial score (nSPS) is 15.1. The molecule has 0 aromatic carbocycles. The van der Waals surface area contributed by atoms with E-state index in [1.807, 2.05) is 23.3 Å². The summed E-state index contributed by atoms with van der Waals surface area (Å²) in [6.07, 6.45) is 5.99. The molecule has 7 nitrogen and oxygen atoms in total. The number of hydrogen-bond acceptors (Lipinski definition) is 6. The van der Waals surface area contributed by atoms with E-state index in [0.29, 0.717) is 13.2 Å². The van der Waals surface area contributed by atoms with E-state index < -0.39 is 9.84 Å². The Morgan fingerprint density at radius 2 is 2.12 bits per heavy atom. The predicted octanol–water partition coefficient (Wildman–Crippen LogP) is 1.09. The number of guanidine groups is 1. The van der Waals surface area contributed by atoms with E-state index in [1.165, 1.54) is 29.7 Å². The zero-order valence-corrected chi connectivity index (χ0v) is 16.9. The van der Waals surface area contributed by atoms with E-state index in [0.717, 1.165) is 30.4 Å². The van der Waals surface area contributed by atoms with Crippen LogP contribution in [0.1, 0.15) is 28.4 Å². The quantitative estimate of drug-likeness (QED) is 0.408. The number of thiazole rings is 1. The predicted molar refractivity (Wildman–Crippen MR) is 102 cm³/mol. The Bertz CT molecular complexity index is 662. The SMILES string of the molecule is CN=C(NCCOCCS(C)(=O)=O)N(C)Cc1nc2c(s1)CCCC2. The second-order valence-electron chi connectivity index (χ2n) is 6.26. The fourth-order valence-corrected chi connectivity index (χ4v) is 4.31. The van der Waals surface area contributed by atoms with Crippen molar-refractivity contribution in [1.82, 2.24) is 15.2 Å². The molecule has 1 aromatic rings. The van der Waals surface area contributed by atoms with Gasteiger partial charge in [-0.3, -0.25) is 4.99 Å². The van der Waals surface area contributed by atoms with Gasteiger partial charge in [0, 0.05) is 31.8 Å². The number of ether oxygens (including phenoxy) is 1. The number of aliphatic imine (C=N–C) groups is 1. The summed E-state index contributed by atoms with van der Waals surface area (Å²) >= 11 is 1.81. The first-order chi connectivity index (χ1) is 11.9. The van der Waals surface area contributed by atoms with Crippen molar-refractivity contribution in [2.45, 2.75) is 32.2 Å². The molecule has 0 bridgehead atoms. The van der Waals surface area contributed by atoms with Gasteiger partial charge in [0.1, 0.15) is 14.8 Å². The maximum Gasteiger partial charge on any atom is 0.193 e. The minimum atomic E-state index is -2.97. The second-order valence-corrected chi connectivity index (χ2v) is 9.68. The van der Waals surface area contributed by atoms with Gasteiger partial charge in [-0.2, -0.15) is 0 Å². The zero-order valence-electron chi connectivity index (χ0n) is 15.2. The second kappa shape index (κ2) is 9.49. The Balaban J connectivity index is 1.73. The molecule has 0 aliphatic heterocycles. The van der Waals surface area contributed by atoms with Crippen LogP contribution in [0, 0.1) is 0 Å². The molecule has 0 unspecified atom stereocenters. The number of aromatic nitrogens is 1. The van der Waals surface area contributed by atoms with E-state index in [4.69, 9.17) is 9.72 Å². The average molecular weight is 389 g/mol. The highest BCUT2D eigenvalue weighted by molar-refractivity contribution is 7.90. The van der Waals surface area contributed by atoms with Gasteiger partial charge in [0.2, 0.25) is 0 Å². The smallest absolute Gasteiger partial charge is 0.193 e. The fraction of sp³-hybridized carbons (Fsp3) is 0.750. The lowest BCUT2D eigenvalue weighted by molar-refractivity contribution is 0.153. The summed E-state index contributed by atoms with van der Waals surface area (Å²) in [6, 6.07) is 0. The first-order valence-electron chi connectivity index (χ1n) is 8.54. The lowest BCUT2D eigenvalue weighted by Crippen LogP contribution is -2.40. The lowest BCUT2D eigenvalue weighted by Gasteiger charge is -2.21. The fourth-order valence-electron chi connectivity index (χ4n) is 2.68. The molecule has 1 aromatic heterocycles. The molecular weight excluding hydrogens is 360 g/mol. The van der Waals surface area contributed by atoms with Gasteiger partial charge in [0.15, 0.2) is 5.96 Å². The molecule has 25 heavy (non-hydrogen) atoms. The van der Waals surface area contributed by atoms with E-state index in [2.05, 4.69) is 10.3 Å². The van der Waals surface area contributed by atoms with E-state index in [1.54, 1.807) is 7.05 Å². The molecule has 1 heterocycles. The van der Waals surface area contributed by atoms with Crippen LogP contribution in [0.15, 0.2) is 4.99 Å². The molecular formula is C16H28N4O3S2. The van der Waals surface area contributed by atoms with Crippen molar-refractivity contribution in [3.8, 4) is 0 Å². The molecule has 1 aliphatic rings. The molecule has 9 heteroatoms. The van der Waals surface area contributed by atoms with Crippen LogP contribution in [-0.2, 0) is 34.0 Å². The summed E-state index contributed by atoms with van der Waals surface area (Å²) < 4.78 is 27.4. The Hall–Kier alpha value is -1.19. The van der Waals surface area contributed by atoms with E-state index in [9.17, 15) is 8.42 Å². The summed E-state index contributed by atoms with van der Waals surface area (Å²) in [4.78, 5) is 12.5. The molecule has 142 valence electrons. The number of hydrogen-bond donors (Lipinski definition) is 1. The molecule has 1 N–H and O–H groups in total. The van der Waals surface area contributed by atoms with Crippen LogP contribution in [0.5, 0.6) is 0 Å². The Labute approximate surface area is 154 Å². The highest BCUT2D eigenvalue weighted by Gasteiger charge is 2.16. The van der Waals surface area contributed by atoms with Crippen molar-refractivity contribution in [2.75, 3.05) is 45.9 Å². The molecule has 0 spiro atoms. The third kappa shape index (κ3) is 6.91. The molecule has 2 rings (SSSR count). The Morgan fingerprint density at radius 1 is 1.36 bits per heavy atom. The maximum atomic E-state index is 11.0. The molecule has 0 atom stereocenters. The van der Waals surface area contributed by atoms with Gasteiger partial charge in [-0.15, -0.1) is 11.3 Å². The van der Waals surface area contributed by atoms with Crippen LogP contribution in [0.3, 0.4) is 0 Å². The molecule has 0 saturated carbocycles. The number of sulfone groups is 1. The van der Waals surface area contributed by atoms with Crippen LogP contribution in [0.25, 0.3) is 0 Å². The lowest BCUT2D eigenvalue weighted by atomic mass is 10.0. The third-order valence-electron chi connectivity index (χ3n) is 3.96. The third-order valence-corrected chi connectivity index (χ3v) is 6.01. The van der Waals surface area contributed by atoms with Crippen molar-refractivity contribution in [3.05, 3.63) is 15.6 Å². The van der Waals surface area contributed by atoms with Crippen LogP contribution >= 0.6 is 11.3 Å². The molecule has 0 fully saturated rings. The topological polar surface area (TPSA) is 83.9 Å². The monoisotopic (exact) mass is 388 g/mol. The summed E-state index contributed by atoms with van der Waals surface area (Å²) in [5, 5.41) is 4.35. The number of aryl methyl sites for hydroxylation is 2. The standard InChI is InChI=1S/C16H28N4O3S2/c1-17-16(18-8-9-23-10-11-25(3,21)22)20(2)12-15-19-13-6-4-5-7-14(13)24-15/h4-12H2,1-3H3,(H,17,18). The molecule has 0 amide bonds. The summed E-state index contributed by atoms with van der Waals surface area (Å²) in [5.41, 5.74) is 1.28. The summed E-state index contributed by atoms with van der Waals surface area (Å²) in [6.45, 7) is 1.97. The first-order valence-corrected chi connectivity index (χ1v) is 11.4.